The van der Waals surface area contributed by atoms with Gasteiger partial charge >= 0.3 is 20.2 Å². The van der Waals surface area contributed by atoms with Gasteiger partial charge in [0.15, 0.2) is 6.23 Å². The van der Waals surface area contributed by atoms with Gasteiger partial charge in [-0.2, -0.15) is 0 Å². The average molecular weight is 635 g/mol. The second-order valence-electron chi connectivity index (χ2n) is 12.0. The summed E-state index contributed by atoms with van der Waals surface area (Å²) in [5.41, 5.74) is 3.39. The Kier molecular flexibility index (Phi) is 12.1. The third kappa shape index (κ3) is 9.44. The number of nitrogens with zero attached hydrogens (tertiary/aromatic N) is 3. The first kappa shape index (κ1) is 35.2. The number of ether oxygens (including phenoxy) is 2. The lowest BCUT2D eigenvalue weighted by molar-refractivity contribution is -0.142. The standard InChI is InChI=1S/C17H24BN3O3.C9H10O3.C6H6BFO2/c1-16(2)17(3,4)24-18(23-16)12-8-9-14-13(11-12)19-20-21(14)15-7-5-6-10-22-15;10-9(11)7-12-6-8-4-2-1-3-5-8;8-6-3-1-5(2-4-6)7(9)10/h8-9,11,15H,5-7,10H2,1-4H3;1-5H,6-7H2,(H,10,11);1-4,9-10H. The van der Waals surface area contributed by atoms with Crippen LogP contribution in [0.2, 0.25) is 0 Å². The van der Waals surface area contributed by atoms with Gasteiger partial charge in [-0.05, 0) is 87.7 Å². The van der Waals surface area contributed by atoms with E-state index in [1.54, 1.807) is 0 Å². The minimum Gasteiger partial charge on any atom is -0.480 e. The number of fused-ring (bicyclic) bond motifs is 1. The molecule has 2 aliphatic rings. The highest BCUT2D eigenvalue weighted by Gasteiger charge is 2.51. The van der Waals surface area contributed by atoms with Crippen LogP contribution in [-0.2, 0) is 30.2 Å². The molecule has 0 radical (unpaired) electrons. The third-order valence-corrected chi connectivity index (χ3v) is 7.95. The Morgan fingerprint density at radius 2 is 1.70 bits per heavy atom. The zero-order valence-electron chi connectivity index (χ0n) is 26.5. The predicted octanol–water partition coefficient (Wildman–Crippen LogP) is 3.22. The van der Waals surface area contributed by atoms with Crippen LogP contribution in [0, 0.1) is 5.82 Å². The smallest absolute Gasteiger partial charge is 0.480 e. The molecule has 2 saturated heterocycles. The SMILES string of the molecule is CC1(C)OB(c2ccc3c(c2)nnn3C2CCCCO2)OC1(C)C.O=C(O)COCc1ccccc1.OB(O)c1ccc(F)cc1. The van der Waals surface area contributed by atoms with E-state index in [2.05, 4.69) is 38.0 Å². The van der Waals surface area contributed by atoms with Gasteiger partial charge in [-0.25, -0.2) is 13.9 Å². The summed E-state index contributed by atoms with van der Waals surface area (Å²) in [5.74, 6) is -1.32. The number of aromatic nitrogens is 3. The molecule has 0 aliphatic carbocycles. The minimum absolute atomic E-state index is 0.00792. The number of carboxylic acids is 1. The molecule has 4 aromatic rings. The fourth-order valence-corrected chi connectivity index (χ4v) is 4.68. The fourth-order valence-electron chi connectivity index (χ4n) is 4.68. The summed E-state index contributed by atoms with van der Waals surface area (Å²) in [6.07, 6.45) is 3.26. The first-order chi connectivity index (χ1) is 21.9. The predicted molar refractivity (Wildman–Crippen MR) is 172 cm³/mol. The summed E-state index contributed by atoms with van der Waals surface area (Å²) < 4.78 is 37.0. The maximum absolute atomic E-state index is 12.2. The minimum atomic E-state index is -1.51. The molecule has 6 rings (SSSR count). The van der Waals surface area contributed by atoms with Gasteiger partial charge in [-0.3, -0.25) is 0 Å². The van der Waals surface area contributed by atoms with Crippen molar-refractivity contribution in [1.29, 1.82) is 0 Å². The van der Waals surface area contributed by atoms with Crippen LogP contribution < -0.4 is 10.9 Å². The summed E-state index contributed by atoms with van der Waals surface area (Å²) in [6, 6.07) is 20.5. The van der Waals surface area contributed by atoms with E-state index in [1.807, 2.05) is 53.2 Å². The van der Waals surface area contributed by atoms with Crippen LogP contribution in [0.1, 0.15) is 58.7 Å². The van der Waals surface area contributed by atoms with E-state index >= 15 is 0 Å². The molecule has 46 heavy (non-hydrogen) atoms. The average Bonchev–Trinajstić information content (AvgIpc) is 3.55. The number of rotatable bonds is 7. The van der Waals surface area contributed by atoms with Crippen molar-refractivity contribution in [1.82, 2.24) is 15.0 Å². The number of carbonyl (C=O) groups is 1. The van der Waals surface area contributed by atoms with Crippen molar-refractivity contribution in [2.75, 3.05) is 13.2 Å². The van der Waals surface area contributed by atoms with Gasteiger partial charge in [0.05, 0.1) is 23.3 Å². The van der Waals surface area contributed by atoms with Crippen molar-refractivity contribution in [3.05, 3.63) is 84.2 Å². The molecule has 0 spiro atoms. The molecule has 3 heterocycles. The monoisotopic (exact) mass is 635 g/mol. The van der Waals surface area contributed by atoms with Crippen LogP contribution in [0.15, 0.2) is 72.8 Å². The van der Waals surface area contributed by atoms with Crippen LogP contribution in [0.3, 0.4) is 0 Å². The molecule has 0 saturated carbocycles. The zero-order valence-corrected chi connectivity index (χ0v) is 26.5. The Bertz CT molecular complexity index is 1530. The van der Waals surface area contributed by atoms with Crippen molar-refractivity contribution < 1.29 is 43.1 Å². The first-order valence-corrected chi connectivity index (χ1v) is 15.1. The molecule has 0 bridgehead atoms. The van der Waals surface area contributed by atoms with Crippen molar-refractivity contribution in [2.45, 2.75) is 71.0 Å². The summed E-state index contributed by atoms with van der Waals surface area (Å²) in [6.45, 7) is 9.13. The lowest BCUT2D eigenvalue weighted by atomic mass is 9.79. The number of hydrogen-bond donors (Lipinski definition) is 3. The van der Waals surface area contributed by atoms with Gasteiger partial charge in [0.1, 0.15) is 17.9 Å². The maximum atomic E-state index is 12.2. The van der Waals surface area contributed by atoms with Gasteiger partial charge in [0.25, 0.3) is 0 Å². The van der Waals surface area contributed by atoms with Crippen LogP contribution >= 0.6 is 0 Å². The first-order valence-electron chi connectivity index (χ1n) is 15.1. The number of aliphatic carboxylic acids is 1. The van der Waals surface area contributed by atoms with Gasteiger partial charge in [0, 0.05) is 6.61 Å². The summed E-state index contributed by atoms with van der Waals surface area (Å²) in [7, 11) is -1.89. The molecule has 1 unspecified atom stereocenters. The summed E-state index contributed by atoms with van der Waals surface area (Å²) in [5, 5.41) is 34.0. The fraction of sp³-hybridized carbons (Fsp3) is 0.406. The molecule has 11 nitrogen and oxygen atoms in total. The van der Waals surface area contributed by atoms with Gasteiger partial charge in [-0.15, -0.1) is 5.10 Å². The van der Waals surface area contributed by atoms with Crippen LogP contribution in [0.25, 0.3) is 11.0 Å². The van der Waals surface area contributed by atoms with Gasteiger partial charge < -0.3 is 33.9 Å². The second kappa shape index (κ2) is 15.8. The zero-order chi connectivity index (χ0) is 33.3. The molecule has 1 atom stereocenters. The Morgan fingerprint density at radius 3 is 2.28 bits per heavy atom. The van der Waals surface area contributed by atoms with E-state index in [9.17, 15) is 9.18 Å². The molecule has 244 valence electrons. The number of hydrogen-bond acceptors (Lipinski definition) is 9. The normalized spacial score (nSPS) is 18.2. The highest BCUT2D eigenvalue weighted by Crippen LogP contribution is 2.36. The molecule has 2 aliphatic heterocycles. The molecular formula is C32H40B2FN3O8. The van der Waals surface area contributed by atoms with Crippen LogP contribution in [-0.4, -0.2) is 74.8 Å². The maximum Gasteiger partial charge on any atom is 0.494 e. The Labute approximate surface area is 268 Å². The van der Waals surface area contributed by atoms with E-state index in [0.29, 0.717) is 12.1 Å². The van der Waals surface area contributed by atoms with Crippen LogP contribution in [0.4, 0.5) is 4.39 Å². The molecule has 2 fully saturated rings. The topological polar surface area (TPSA) is 145 Å². The largest absolute Gasteiger partial charge is 0.494 e. The second-order valence-corrected chi connectivity index (χ2v) is 12.0. The summed E-state index contributed by atoms with van der Waals surface area (Å²) >= 11 is 0. The molecule has 3 aromatic carbocycles. The van der Waals surface area contributed by atoms with E-state index < -0.39 is 13.1 Å². The van der Waals surface area contributed by atoms with Crippen molar-refractivity contribution in [3.63, 3.8) is 0 Å². The Hall–Kier alpha value is -3.65. The highest BCUT2D eigenvalue weighted by atomic mass is 19.1. The lowest BCUT2D eigenvalue weighted by Gasteiger charge is -2.32. The van der Waals surface area contributed by atoms with Crippen molar-refractivity contribution in [2.24, 2.45) is 0 Å². The molecular weight excluding hydrogens is 595 g/mol. The number of carboxylic acid groups (broad SMARTS) is 1. The Balaban J connectivity index is 0.000000182. The lowest BCUT2D eigenvalue weighted by Crippen LogP contribution is -2.41. The highest BCUT2D eigenvalue weighted by molar-refractivity contribution is 6.62. The van der Waals surface area contributed by atoms with Crippen molar-refractivity contribution in [3.8, 4) is 0 Å². The van der Waals surface area contributed by atoms with E-state index in [4.69, 9.17) is 33.9 Å². The molecule has 0 amide bonds. The van der Waals surface area contributed by atoms with E-state index in [-0.39, 0.29) is 37.0 Å². The molecule has 14 heteroatoms. The molecule has 1 aromatic heterocycles. The van der Waals surface area contributed by atoms with E-state index in [0.717, 1.165) is 47.9 Å². The molecule has 3 N–H and O–H groups in total. The third-order valence-electron chi connectivity index (χ3n) is 7.95. The quantitative estimate of drug-likeness (QED) is 0.259. The number of halogens is 1. The van der Waals surface area contributed by atoms with Gasteiger partial charge in [0.2, 0.25) is 0 Å². The van der Waals surface area contributed by atoms with E-state index in [1.165, 1.54) is 24.3 Å². The summed E-state index contributed by atoms with van der Waals surface area (Å²) in [4.78, 5) is 10.1. The number of benzene rings is 3. The van der Waals surface area contributed by atoms with Crippen LogP contribution in [0.5, 0.6) is 0 Å². The van der Waals surface area contributed by atoms with Gasteiger partial charge in [-0.1, -0.05) is 53.7 Å². The van der Waals surface area contributed by atoms with Crippen molar-refractivity contribution >= 4 is 42.2 Å². The Morgan fingerprint density at radius 1 is 1.02 bits per heavy atom.